The first kappa shape index (κ1) is 23.0. The second-order valence-corrected chi connectivity index (χ2v) is 7.38. The van der Waals surface area contributed by atoms with Crippen molar-refractivity contribution in [2.75, 3.05) is 18.9 Å². The molecule has 0 spiro atoms. The second-order valence-electron chi connectivity index (χ2n) is 7.38. The number of nitrogen functional groups attached to an aromatic ring is 1. The van der Waals surface area contributed by atoms with E-state index in [1.54, 1.807) is 32.9 Å². The number of benzene rings is 2. The summed E-state index contributed by atoms with van der Waals surface area (Å²) in [6.07, 6.45) is 3.72. The second kappa shape index (κ2) is 10.6. The van der Waals surface area contributed by atoms with Gasteiger partial charge in [-0.1, -0.05) is 54.6 Å². The van der Waals surface area contributed by atoms with Crippen molar-refractivity contribution in [1.29, 1.82) is 0 Å². The zero-order chi connectivity index (χ0) is 23.1. The molecule has 0 saturated heterocycles. The number of carbonyl (C=O) groups excluding carboxylic acids is 2. The van der Waals surface area contributed by atoms with E-state index in [4.69, 9.17) is 15.2 Å². The van der Waals surface area contributed by atoms with Crippen LogP contribution in [0.2, 0.25) is 0 Å². The Labute approximate surface area is 188 Å². The first-order valence-electron chi connectivity index (χ1n) is 10.7. The summed E-state index contributed by atoms with van der Waals surface area (Å²) in [5, 5.41) is 0. The molecule has 0 fully saturated rings. The smallest absolute Gasteiger partial charge is 0.336 e. The number of anilines is 1. The average molecular weight is 433 g/mol. The van der Waals surface area contributed by atoms with Crippen molar-refractivity contribution in [2.24, 2.45) is 16.8 Å². The molecular formula is C26H28N2O4. The summed E-state index contributed by atoms with van der Waals surface area (Å²) in [5.41, 5.74) is 9.56. The zero-order valence-corrected chi connectivity index (χ0v) is 18.6. The molecule has 2 atom stereocenters. The van der Waals surface area contributed by atoms with Gasteiger partial charge in [0.05, 0.1) is 24.5 Å². The SMILES string of the molecule is CCOC(=O)C1=C(c2ccccc2)N=C(C)C(C(=O)OCC)C1/C=C/c1ccc(N)cc1. The Hall–Kier alpha value is -3.67. The Morgan fingerprint density at radius 1 is 1.00 bits per heavy atom. The van der Waals surface area contributed by atoms with Crippen molar-refractivity contribution in [1.82, 2.24) is 0 Å². The summed E-state index contributed by atoms with van der Waals surface area (Å²) in [4.78, 5) is 30.7. The van der Waals surface area contributed by atoms with Crippen molar-refractivity contribution >= 4 is 35.1 Å². The van der Waals surface area contributed by atoms with E-state index < -0.39 is 23.8 Å². The molecule has 1 aliphatic heterocycles. The minimum Gasteiger partial charge on any atom is -0.465 e. The molecule has 0 aromatic heterocycles. The van der Waals surface area contributed by atoms with Crippen LogP contribution in [0.1, 0.15) is 31.9 Å². The third-order valence-corrected chi connectivity index (χ3v) is 5.20. The maximum atomic E-state index is 13.1. The maximum Gasteiger partial charge on any atom is 0.336 e. The van der Waals surface area contributed by atoms with E-state index in [-0.39, 0.29) is 13.2 Å². The molecule has 0 aliphatic carbocycles. The summed E-state index contributed by atoms with van der Waals surface area (Å²) in [5.74, 6) is -2.25. The Morgan fingerprint density at radius 2 is 1.66 bits per heavy atom. The third kappa shape index (κ3) is 5.14. The quantitative estimate of drug-likeness (QED) is 0.513. The average Bonchev–Trinajstić information content (AvgIpc) is 2.79. The third-order valence-electron chi connectivity index (χ3n) is 5.20. The molecule has 6 heteroatoms. The highest BCUT2D eigenvalue weighted by Crippen LogP contribution is 2.38. The molecule has 1 heterocycles. The van der Waals surface area contributed by atoms with Crippen LogP contribution in [0.5, 0.6) is 0 Å². The lowest BCUT2D eigenvalue weighted by molar-refractivity contribution is -0.146. The number of esters is 2. The van der Waals surface area contributed by atoms with E-state index in [0.29, 0.717) is 22.7 Å². The molecular weight excluding hydrogens is 404 g/mol. The van der Waals surface area contributed by atoms with Gasteiger partial charge >= 0.3 is 11.9 Å². The minimum atomic E-state index is -0.730. The highest BCUT2D eigenvalue weighted by molar-refractivity contribution is 6.11. The van der Waals surface area contributed by atoms with E-state index >= 15 is 0 Å². The molecule has 32 heavy (non-hydrogen) atoms. The number of allylic oxidation sites excluding steroid dienone is 1. The molecule has 2 unspecified atom stereocenters. The lowest BCUT2D eigenvalue weighted by atomic mass is 9.78. The minimum absolute atomic E-state index is 0.214. The van der Waals surface area contributed by atoms with E-state index in [9.17, 15) is 9.59 Å². The number of hydrogen-bond donors (Lipinski definition) is 1. The highest BCUT2D eigenvalue weighted by Gasteiger charge is 2.41. The van der Waals surface area contributed by atoms with Crippen LogP contribution in [0.4, 0.5) is 5.69 Å². The van der Waals surface area contributed by atoms with Crippen molar-refractivity contribution in [3.05, 3.63) is 77.4 Å². The molecule has 0 bridgehead atoms. The maximum absolute atomic E-state index is 13.1. The number of hydrogen-bond acceptors (Lipinski definition) is 6. The number of carbonyl (C=O) groups is 2. The fraction of sp³-hybridized carbons (Fsp3) is 0.269. The van der Waals surface area contributed by atoms with Gasteiger partial charge in [0.1, 0.15) is 5.92 Å². The molecule has 0 saturated carbocycles. The van der Waals surface area contributed by atoms with Crippen LogP contribution < -0.4 is 5.73 Å². The molecule has 6 nitrogen and oxygen atoms in total. The van der Waals surface area contributed by atoms with Crippen molar-refractivity contribution in [3.8, 4) is 0 Å². The highest BCUT2D eigenvalue weighted by atomic mass is 16.5. The van der Waals surface area contributed by atoms with E-state index in [1.807, 2.05) is 54.6 Å². The van der Waals surface area contributed by atoms with Gasteiger partial charge in [-0.15, -0.1) is 0 Å². The van der Waals surface area contributed by atoms with Crippen LogP contribution in [0, 0.1) is 11.8 Å². The van der Waals surface area contributed by atoms with Crippen LogP contribution >= 0.6 is 0 Å². The summed E-state index contributed by atoms with van der Waals surface area (Å²) in [6, 6.07) is 16.8. The number of aliphatic imine (C=N–C) groups is 1. The summed E-state index contributed by atoms with van der Waals surface area (Å²) in [6.45, 7) is 5.74. The van der Waals surface area contributed by atoms with Crippen LogP contribution in [0.15, 0.2) is 71.2 Å². The number of nitrogens with zero attached hydrogens (tertiary/aromatic N) is 1. The zero-order valence-electron chi connectivity index (χ0n) is 18.6. The molecule has 0 radical (unpaired) electrons. The summed E-state index contributed by atoms with van der Waals surface area (Å²) in [7, 11) is 0. The Morgan fingerprint density at radius 3 is 2.28 bits per heavy atom. The van der Waals surface area contributed by atoms with Crippen LogP contribution in [0.25, 0.3) is 11.8 Å². The van der Waals surface area contributed by atoms with Crippen LogP contribution in [-0.4, -0.2) is 30.9 Å². The molecule has 1 aliphatic rings. The van der Waals surface area contributed by atoms with Crippen molar-refractivity contribution < 1.29 is 19.1 Å². The van der Waals surface area contributed by atoms with Crippen molar-refractivity contribution in [3.63, 3.8) is 0 Å². The van der Waals surface area contributed by atoms with E-state index in [0.717, 1.165) is 11.1 Å². The topological polar surface area (TPSA) is 91.0 Å². The molecule has 166 valence electrons. The van der Waals surface area contributed by atoms with Gasteiger partial charge in [-0.25, -0.2) is 4.79 Å². The lowest BCUT2D eigenvalue weighted by Crippen LogP contribution is -2.37. The summed E-state index contributed by atoms with van der Waals surface area (Å²) < 4.78 is 10.7. The first-order chi connectivity index (χ1) is 15.5. The number of rotatable bonds is 7. The molecule has 2 N–H and O–H groups in total. The van der Waals surface area contributed by atoms with E-state index in [2.05, 4.69) is 4.99 Å². The van der Waals surface area contributed by atoms with Gasteiger partial charge in [-0.3, -0.25) is 9.79 Å². The van der Waals surface area contributed by atoms with Gasteiger partial charge in [-0.05, 0) is 38.5 Å². The molecule has 2 aromatic rings. The Balaban J connectivity index is 2.18. The fourth-order valence-corrected chi connectivity index (χ4v) is 3.73. The number of nitrogens with two attached hydrogens (primary N) is 1. The largest absolute Gasteiger partial charge is 0.465 e. The van der Waals surface area contributed by atoms with Crippen LogP contribution in [-0.2, 0) is 19.1 Å². The van der Waals surface area contributed by atoms with E-state index in [1.165, 1.54) is 0 Å². The summed E-state index contributed by atoms with van der Waals surface area (Å²) >= 11 is 0. The Bertz CT molecular complexity index is 1050. The van der Waals surface area contributed by atoms with Gasteiger partial charge in [0.15, 0.2) is 0 Å². The van der Waals surface area contributed by atoms with Crippen LogP contribution in [0.3, 0.4) is 0 Å². The predicted octanol–water partition coefficient (Wildman–Crippen LogP) is 4.53. The monoisotopic (exact) mass is 432 g/mol. The fourth-order valence-electron chi connectivity index (χ4n) is 3.73. The predicted molar refractivity (Wildman–Crippen MR) is 127 cm³/mol. The van der Waals surface area contributed by atoms with Gasteiger partial charge in [0.25, 0.3) is 0 Å². The van der Waals surface area contributed by atoms with Gasteiger partial charge < -0.3 is 15.2 Å². The standard InChI is InChI=1S/C26H28N2O4/c1-4-31-25(29)22-17(3)28-24(19-9-7-6-8-10-19)23(26(30)32-5-2)21(22)16-13-18-11-14-20(27)15-12-18/h6-16,21-22H,4-5,27H2,1-3H3/b16-13+. The molecule has 2 aromatic carbocycles. The number of ether oxygens (including phenoxy) is 2. The normalized spacial score (nSPS) is 18.4. The van der Waals surface area contributed by atoms with Gasteiger partial charge in [-0.2, -0.15) is 0 Å². The molecule has 0 amide bonds. The first-order valence-corrected chi connectivity index (χ1v) is 10.7. The Kier molecular flexibility index (Phi) is 7.60. The van der Waals surface area contributed by atoms with Gasteiger partial charge in [0.2, 0.25) is 0 Å². The molecule has 3 rings (SSSR count). The lowest BCUT2D eigenvalue weighted by Gasteiger charge is -2.30. The van der Waals surface area contributed by atoms with Gasteiger partial charge in [0, 0.05) is 22.9 Å². The van der Waals surface area contributed by atoms with Crippen molar-refractivity contribution in [2.45, 2.75) is 20.8 Å².